The van der Waals surface area contributed by atoms with Crippen LogP contribution in [-0.2, 0) is 30.7 Å². The number of fused-ring (bicyclic) bond motifs is 2. The van der Waals surface area contributed by atoms with E-state index in [2.05, 4.69) is 15.2 Å². The molecule has 1 amide bonds. The second kappa shape index (κ2) is 7.37. The lowest BCUT2D eigenvalue weighted by molar-refractivity contribution is -0.120. The normalized spacial score (nSPS) is 18.2. The highest BCUT2D eigenvalue weighted by Crippen LogP contribution is 2.30. The van der Waals surface area contributed by atoms with E-state index in [0.29, 0.717) is 23.4 Å². The second-order valence-electron chi connectivity index (χ2n) is 7.53. The number of amides is 1. The van der Waals surface area contributed by atoms with Gasteiger partial charge in [0.15, 0.2) is 5.78 Å². The molecule has 0 saturated carbocycles. The van der Waals surface area contributed by atoms with Crippen molar-refractivity contribution in [3.8, 4) is 5.75 Å². The molecule has 7 nitrogen and oxygen atoms in total. The molecule has 28 heavy (non-hydrogen) atoms. The van der Waals surface area contributed by atoms with E-state index in [9.17, 15) is 14.6 Å². The molecule has 8 heteroatoms. The van der Waals surface area contributed by atoms with Crippen LogP contribution in [0.25, 0.3) is 0 Å². The Bertz CT molecular complexity index is 949. The molecule has 1 aromatic carbocycles. The summed E-state index contributed by atoms with van der Waals surface area (Å²) in [4.78, 5) is 30.8. The summed E-state index contributed by atoms with van der Waals surface area (Å²) in [5.74, 6) is -0.530. The number of nitrogens with zero attached hydrogens (tertiary/aromatic N) is 2. The van der Waals surface area contributed by atoms with Crippen molar-refractivity contribution in [3.63, 3.8) is 0 Å². The van der Waals surface area contributed by atoms with Gasteiger partial charge < -0.3 is 15.0 Å². The molecule has 2 aliphatic heterocycles. The van der Waals surface area contributed by atoms with Crippen LogP contribution in [0.3, 0.4) is 0 Å². The topological polar surface area (TPSA) is 91.8 Å². The van der Waals surface area contributed by atoms with Crippen molar-refractivity contribution in [3.05, 3.63) is 58.4 Å². The van der Waals surface area contributed by atoms with Crippen molar-refractivity contribution < 1.29 is 19.3 Å². The van der Waals surface area contributed by atoms with Crippen molar-refractivity contribution in [2.75, 3.05) is 7.05 Å². The van der Waals surface area contributed by atoms with Crippen LogP contribution >= 0.6 is 0 Å². The van der Waals surface area contributed by atoms with Crippen LogP contribution in [0.4, 0.5) is 0 Å². The van der Waals surface area contributed by atoms with Gasteiger partial charge in [-0.15, -0.1) is 0 Å². The number of rotatable bonds is 4. The summed E-state index contributed by atoms with van der Waals surface area (Å²) < 4.78 is 5.56. The van der Waals surface area contributed by atoms with E-state index < -0.39 is 13.1 Å². The van der Waals surface area contributed by atoms with E-state index in [1.807, 2.05) is 25.4 Å². The van der Waals surface area contributed by atoms with Gasteiger partial charge in [-0.25, -0.2) is 0 Å². The zero-order valence-corrected chi connectivity index (χ0v) is 15.9. The maximum atomic E-state index is 12.5. The number of Topliss-reactive ketones (excluding diaryl/α,β-unsaturated/α-hetero) is 1. The molecule has 1 aromatic heterocycles. The summed E-state index contributed by atoms with van der Waals surface area (Å²) in [5.41, 5.74) is 4.33. The Morgan fingerprint density at radius 1 is 1.32 bits per heavy atom. The highest BCUT2D eigenvalue weighted by atomic mass is 16.5. The standard InChI is InChI=1S/C20H22BN3O4/c1-12(25)17-5-3-4-13-7-18(21(27)28-20(13)17)23-19(26)8-16-6-14-10-24(2)11-15(14)9-22-16/h3-6,9,18,27H,7-8,10-11H2,1-2H3,(H,23,26)/t18-/m0/s1. The number of aromatic nitrogens is 1. The first kappa shape index (κ1) is 18.6. The zero-order valence-electron chi connectivity index (χ0n) is 15.9. The number of ketones is 1. The van der Waals surface area contributed by atoms with Crippen molar-refractivity contribution in [2.24, 2.45) is 0 Å². The number of pyridine rings is 1. The lowest BCUT2D eigenvalue weighted by atomic mass is 9.72. The molecule has 2 aliphatic rings. The predicted octanol–water partition coefficient (Wildman–Crippen LogP) is 0.912. The lowest BCUT2D eigenvalue weighted by Gasteiger charge is -2.29. The molecule has 0 radical (unpaired) electrons. The minimum absolute atomic E-state index is 0.125. The van der Waals surface area contributed by atoms with E-state index >= 15 is 0 Å². The van der Waals surface area contributed by atoms with Crippen molar-refractivity contribution in [1.29, 1.82) is 0 Å². The quantitative estimate of drug-likeness (QED) is 0.606. The fraction of sp³-hybridized carbons (Fsp3) is 0.350. The summed E-state index contributed by atoms with van der Waals surface area (Å²) in [5, 5.41) is 13.2. The average molecular weight is 379 g/mol. The molecule has 3 heterocycles. The maximum absolute atomic E-state index is 12.5. The number of para-hydroxylation sites is 1. The molecule has 2 aromatic rings. The molecule has 0 fully saturated rings. The fourth-order valence-corrected chi connectivity index (χ4v) is 3.85. The summed E-state index contributed by atoms with van der Waals surface area (Å²) >= 11 is 0. The fourth-order valence-electron chi connectivity index (χ4n) is 3.85. The highest BCUT2D eigenvalue weighted by molar-refractivity contribution is 6.47. The first-order valence-electron chi connectivity index (χ1n) is 9.33. The molecular weight excluding hydrogens is 357 g/mol. The molecule has 0 spiro atoms. The third-order valence-electron chi connectivity index (χ3n) is 5.21. The van der Waals surface area contributed by atoms with Gasteiger partial charge in [0.2, 0.25) is 5.91 Å². The van der Waals surface area contributed by atoms with Gasteiger partial charge in [0.05, 0.1) is 17.9 Å². The van der Waals surface area contributed by atoms with Gasteiger partial charge in [-0.2, -0.15) is 0 Å². The monoisotopic (exact) mass is 379 g/mol. The van der Waals surface area contributed by atoms with E-state index in [0.717, 1.165) is 18.7 Å². The summed E-state index contributed by atoms with van der Waals surface area (Å²) in [6, 6.07) is 7.26. The number of benzene rings is 1. The molecule has 4 rings (SSSR count). The van der Waals surface area contributed by atoms with Gasteiger partial charge >= 0.3 is 7.12 Å². The van der Waals surface area contributed by atoms with Gasteiger partial charge in [0.25, 0.3) is 0 Å². The van der Waals surface area contributed by atoms with Crippen LogP contribution in [0, 0.1) is 0 Å². The van der Waals surface area contributed by atoms with Crippen molar-refractivity contribution in [1.82, 2.24) is 15.2 Å². The molecule has 0 saturated heterocycles. The first-order chi connectivity index (χ1) is 13.4. The van der Waals surface area contributed by atoms with Crippen LogP contribution in [0.1, 0.15) is 39.7 Å². The Morgan fingerprint density at radius 2 is 2.11 bits per heavy atom. The molecule has 0 bridgehead atoms. The van der Waals surface area contributed by atoms with Gasteiger partial charge in [-0.05, 0) is 49.2 Å². The minimum Gasteiger partial charge on any atom is -0.534 e. The molecule has 0 unspecified atom stereocenters. The van der Waals surface area contributed by atoms with E-state index in [-0.39, 0.29) is 18.1 Å². The third kappa shape index (κ3) is 3.65. The maximum Gasteiger partial charge on any atom is 0.547 e. The molecular formula is C20H22BN3O4. The van der Waals surface area contributed by atoms with E-state index in [4.69, 9.17) is 4.65 Å². The van der Waals surface area contributed by atoms with Crippen LogP contribution in [0.5, 0.6) is 5.75 Å². The summed E-state index contributed by atoms with van der Waals surface area (Å²) in [6.45, 7) is 3.19. The van der Waals surface area contributed by atoms with Crippen LogP contribution in [-0.4, -0.2) is 46.7 Å². The second-order valence-corrected chi connectivity index (χ2v) is 7.53. The lowest BCUT2D eigenvalue weighted by Crippen LogP contribution is -2.53. The van der Waals surface area contributed by atoms with E-state index in [1.165, 1.54) is 18.1 Å². The Balaban J connectivity index is 1.43. The number of carbonyl (C=O) groups is 2. The third-order valence-corrected chi connectivity index (χ3v) is 5.21. The first-order valence-corrected chi connectivity index (χ1v) is 9.33. The summed E-state index contributed by atoms with van der Waals surface area (Å²) in [6.07, 6.45) is 2.37. The van der Waals surface area contributed by atoms with Crippen molar-refractivity contribution >= 4 is 18.8 Å². The van der Waals surface area contributed by atoms with Crippen LogP contribution in [0.2, 0.25) is 0 Å². The predicted molar refractivity (Wildman–Crippen MR) is 104 cm³/mol. The Kier molecular flexibility index (Phi) is 4.91. The minimum atomic E-state index is -1.21. The Hall–Kier alpha value is -2.71. The Labute approximate surface area is 163 Å². The molecule has 0 aliphatic carbocycles. The largest absolute Gasteiger partial charge is 0.547 e. The van der Waals surface area contributed by atoms with E-state index in [1.54, 1.807) is 12.1 Å². The highest BCUT2D eigenvalue weighted by Gasteiger charge is 2.37. The number of hydrogen-bond acceptors (Lipinski definition) is 6. The smallest absolute Gasteiger partial charge is 0.534 e. The molecule has 1 atom stereocenters. The van der Waals surface area contributed by atoms with Gasteiger partial charge in [0, 0.05) is 25.0 Å². The number of hydrogen-bond donors (Lipinski definition) is 2. The summed E-state index contributed by atoms with van der Waals surface area (Å²) in [7, 11) is 0.838. The van der Waals surface area contributed by atoms with Crippen molar-refractivity contribution in [2.45, 2.75) is 38.8 Å². The van der Waals surface area contributed by atoms with Gasteiger partial charge in [-0.3, -0.25) is 19.5 Å². The zero-order chi connectivity index (χ0) is 19.8. The Morgan fingerprint density at radius 3 is 2.89 bits per heavy atom. The van der Waals surface area contributed by atoms with Crippen LogP contribution in [0.15, 0.2) is 30.5 Å². The number of nitrogens with one attached hydrogen (secondary N) is 1. The SMILES string of the molecule is CC(=O)c1cccc2c1OB(O)[C@@H](NC(=O)Cc1cc3c(cn1)CN(C)C3)C2. The molecule has 144 valence electrons. The number of carbonyl (C=O) groups excluding carboxylic acids is 2. The molecule has 2 N–H and O–H groups in total. The average Bonchev–Trinajstić information content (AvgIpc) is 3.01. The van der Waals surface area contributed by atoms with Crippen LogP contribution < -0.4 is 9.97 Å². The van der Waals surface area contributed by atoms with Gasteiger partial charge in [0.1, 0.15) is 5.75 Å². The van der Waals surface area contributed by atoms with Gasteiger partial charge in [-0.1, -0.05) is 12.1 Å².